The minimum atomic E-state index is -1.77. The summed E-state index contributed by atoms with van der Waals surface area (Å²) in [4.78, 5) is 208. The highest BCUT2D eigenvalue weighted by atomic mass is 16.4. The summed E-state index contributed by atoms with van der Waals surface area (Å²) >= 11 is 0. The average molecular weight is 1620 g/mol. The number of primary amides is 1. The van der Waals surface area contributed by atoms with Gasteiger partial charge >= 0.3 is 11.9 Å². The number of nitrogens with two attached hydrogens (primary N) is 3. The Kier molecular flexibility index (Phi) is 38.0. The van der Waals surface area contributed by atoms with Crippen molar-refractivity contribution in [3.63, 3.8) is 0 Å². The lowest BCUT2D eigenvalue weighted by atomic mass is 10.0. The molecule has 2 aromatic heterocycles. The first-order valence-corrected chi connectivity index (χ1v) is 38.7. The van der Waals surface area contributed by atoms with E-state index in [9.17, 15) is 73.2 Å². The van der Waals surface area contributed by atoms with Gasteiger partial charge in [0.1, 0.15) is 78.3 Å². The van der Waals surface area contributed by atoms with Crippen molar-refractivity contribution in [1.82, 2.24) is 89.0 Å². The highest BCUT2D eigenvalue weighted by molar-refractivity contribution is 6.00. The number of benzene rings is 3. The number of fused-ring (bicyclic) bond motifs is 1. The number of phenols is 1. The molecule has 632 valence electrons. The molecule has 1 saturated heterocycles. The second-order valence-corrected chi connectivity index (χ2v) is 28.7. The van der Waals surface area contributed by atoms with E-state index in [-0.39, 0.29) is 101 Å². The predicted molar refractivity (Wildman–Crippen MR) is 421 cm³/mol. The second kappa shape index (κ2) is 47.6. The van der Waals surface area contributed by atoms with Crippen molar-refractivity contribution in [2.75, 3.05) is 46.4 Å². The van der Waals surface area contributed by atoms with Crippen LogP contribution in [0.2, 0.25) is 0 Å². The number of nitrogens with zero attached hydrogens (tertiary/aromatic N) is 2. The molecule has 5 aromatic rings. The van der Waals surface area contributed by atoms with Crippen molar-refractivity contribution in [2.45, 2.75) is 196 Å². The molecule has 3 heterocycles. The molecule has 13 amide bonds. The Balaban J connectivity index is 1.25. The van der Waals surface area contributed by atoms with E-state index >= 15 is 14.4 Å². The van der Waals surface area contributed by atoms with Crippen molar-refractivity contribution >= 4 is 99.6 Å². The first-order valence-electron chi connectivity index (χ1n) is 38.7. The molecule has 39 heteroatoms. The summed E-state index contributed by atoms with van der Waals surface area (Å²) < 4.78 is 0. The Labute approximate surface area is 670 Å². The molecule has 6 rings (SSSR count). The number of guanidine groups is 1. The minimum absolute atomic E-state index is 0.0688. The molecule has 28 N–H and O–H groups in total. The quantitative estimate of drug-likeness (QED) is 0.00978. The Hall–Kier alpha value is -12.1. The van der Waals surface area contributed by atoms with Gasteiger partial charge in [-0.15, -0.1) is 0 Å². The van der Waals surface area contributed by atoms with Crippen LogP contribution in [0, 0.1) is 5.92 Å². The molecule has 12 atom stereocenters. The molecule has 3 aromatic carbocycles. The topological polar surface area (TPSA) is 629 Å². The van der Waals surface area contributed by atoms with Gasteiger partial charge in [0.25, 0.3) is 0 Å². The Bertz CT molecular complexity index is 4130. The molecule has 0 spiro atoms. The fraction of sp³-hybridized carbons (Fsp3) is 0.506. The van der Waals surface area contributed by atoms with Crippen molar-refractivity contribution in [3.8, 4) is 5.75 Å². The number of likely N-dealkylation sites (tertiary alicyclic amines) is 1. The van der Waals surface area contributed by atoms with Crippen LogP contribution in [-0.2, 0) is 92.8 Å². The van der Waals surface area contributed by atoms with Gasteiger partial charge in [0.2, 0.25) is 76.8 Å². The van der Waals surface area contributed by atoms with E-state index in [2.05, 4.69) is 89.8 Å². The normalized spacial score (nSPS) is 15.3. The number of H-pyrrole nitrogens is 2. The van der Waals surface area contributed by atoms with E-state index in [0.717, 1.165) is 0 Å². The number of aromatic hydroxyl groups is 1. The molecule has 1 fully saturated rings. The zero-order valence-corrected chi connectivity index (χ0v) is 65.6. The van der Waals surface area contributed by atoms with Crippen LogP contribution in [0.5, 0.6) is 5.75 Å². The van der Waals surface area contributed by atoms with E-state index in [1.54, 1.807) is 81.6 Å². The molecule has 0 radical (unpaired) electrons. The first kappa shape index (κ1) is 92.8. The third-order valence-electron chi connectivity index (χ3n) is 19.5. The number of carbonyl (C=O) groups is 14. The molecule has 116 heavy (non-hydrogen) atoms. The molecule has 0 bridgehead atoms. The molecule has 0 aliphatic carbocycles. The van der Waals surface area contributed by atoms with E-state index < -0.39 is 188 Å². The van der Waals surface area contributed by atoms with Gasteiger partial charge in [-0.3, -0.25) is 83.6 Å². The molecule has 39 nitrogen and oxygen atoms in total. The highest BCUT2D eigenvalue weighted by Crippen LogP contribution is 2.23. The summed E-state index contributed by atoms with van der Waals surface area (Å²) in [5, 5.41) is 80.6. The molecular weight excluding hydrogens is 1510 g/mol. The fourth-order valence-electron chi connectivity index (χ4n) is 13.0. The summed E-state index contributed by atoms with van der Waals surface area (Å²) in [6.45, 7) is 3.56. The number of imidazole rings is 1. The maximum Gasteiger partial charge on any atom is 0.338 e. The van der Waals surface area contributed by atoms with Gasteiger partial charge < -0.3 is 111 Å². The van der Waals surface area contributed by atoms with E-state index in [1.165, 1.54) is 48.7 Å². The van der Waals surface area contributed by atoms with Gasteiger partial charge in [0, 0.05) is 67.6 Å². The zero-order valence-electron chi connectivity index (χ0n) is 65.6. The van der Waals surface area contributed by atoms with Crippen molar-refractivity contribution < 1.29 is 98.7 Å². The van der Waals surface area contributed by atoms with E-state index in [4.69, 9.17) is 16.9 Å². The summed E-state index contributed by atoms with van der Waals surface area (Å²) in [6, 6.07) is 4.09. The fourth-order valence-corrected chi connectivity index (χ4v) is 13.0. The van der Waals surface area contributed by atoms with E-state index in [1.807, 2.05) is 0 Å². The third-order valence-corrected chi connectivity index (χ3v) is 19.5. The molecule has 0 saturated carbocycles. The second-order valence-electron chi connectivity index (χ2n) is 28.7. The number of aliphatic carboxylic acids is 1. The lowest BCUT2D eigenvalue weighted by Gasteiger charge is -2.30. The monoisotopic (exact) mass is 1620 g/mol. The number of hydrogen-bond acceptors (Lipinski definition) is 19. The third kappa shape index (κ3) is 29.7. The average Bonchev–Trinajstić information content (AvgIpc) is 1.65. The van der Waals surface area contributed by atoms with Crippen LogP contribution in [-0.4, -0.2) is 248 Å². The highest BCUT2D eigenvalue weighted by Gasteiger charge is 2.41. The van der Waals surface area contributed by atoms with Crippen LogP contribution in [0.25, 0.3) is 10.9 Å². The first-order chi connectivity index (χ1) is 55.5. The number of phenolic OH excluding ortho intramolecular Hbond substituents is 1. The van der Waals surface area contributed by atoms with Crippen LogP contribution in [0.1, 0.15) is 120 Å². The number of para-hydroxylation sites is 1. The molecule has 1 aliphatic rings. The van der Waals surface area contributed by atoms with Crippen LogP contribution in [0.4, 0.5) is 0 Å². The van der Waals surface area contributed by atoms with Crippen LogP contribution in [0.3, 0.4) is 0 Å². The number of rotatable bonds is 50. The number of unbranched alkanes of at least 4 members (excludes halogenated alkanes) is 2. The number of carboxylic acid groups (broad SMARTS) is 1. The zero-order chi connectivity index (χ0) is 85.0. The lowest BCUT2D eigenvalue weighted by molar-refractivity contribution is -0.368. The standard InChI is InChI=1S/C77H111N21O18/c1-5-6-19-51(90-74(114)60(41-100)96-71(111)56(93-73(113)59(40-99)82-4)34-45-24-26-48(101)27-25-45)67(107)91-53(28-29-63(103)104)69(109)95-58(36-47-38-83-42-87-47)72(112)92-55(33-44-16-8-7-9-17-44)70(110)89-52(22-14-31-84-77(80)81)68(108)94-57(35-46-37-85-50-20-11-10-18-49(46)50)66(106)86-39-62(102)88-54(21-12-13-30-78)76(116)98-32-15-23-61(98)75(115)97-64(43(2)3)65(79)105/h7-11,16-18,20,24-27,37-38,42-43,51-61,64,82,85,99-101H,5-6,12-15,19,21-23,28-36,39-41,78H2,1-4H3,(H2,79,105)(H,83,87)(H,86,106)(H,88,102)(H,89,110)(H,90,114)(H,91,107)(H,92,112)(H,93,113)(H,94,108)(H,95,109)(H,96,111)(H,97,115)(H,103,104)(H4,80,81,84)/p+2. The Morgan fingerprint density at radius 2 is 1.09 bits per heavy atom. The number of likely N-dealkylation sites (N-methyl/N-ethyl adjacent to an activating group) is 1. The number of carbonyl (C=O) groups excluding carboxylic acids is 13. The molecular formula is C77H113N21O18+2. The number of carboxylic acids is 1. The smallest absolute Gasteiger partial charge is 0.338 e. The summed E-state index contributed by atoms with van der Waals surface area (Å²) in [6.07, 6.45) is 4.40. The van der Waals surface area contributed by atoms with Gasteiger partial charge in [0.05, 0.1) is 39.2 Å². The molecule has 1 aliphatic heterocycles. The van der Waals surface area contributed by atoms with Gasteiger partial charge in [0.15, 0.2) is 0 Å². The van der Waals surface area contributed by atoms with Crippen LogP contribution < -0.4 is 91.7 Å². The number of amides is 13. The number of quaternary nitrogens is 1. The Morgan fingerprint density at radius 1 is 0.578 bits per heavy atom. The summed E-state index contributed by atoms with van der Waals surface area (Å²) in [5.41, 5.74) is 17.6. The van der Waals surface area contributed by atoms with Gasteiger partial charge in [-0.1, -0.05) is 94.3 Å². The Morgan fingerprint density at radius 3 is 1.64 bits per heavy atom. The maximum absolute atomic E-state index is 15.2. The van der Waals surface area contributed by atoms with Crippen molar-refractivity contribution in [2.24, 2.45) is 17.4 Å². The largest absolute Gasteiger partial charge is 0.508 e. The number of nitrogens with one attached hydrogen (secondary N) is 15. The van der Waals surface area contributed by atoms with Crippen LogP contribution >= 0.6 is 0 Å². The number of aliphatic hydroxyl groups excluding tert-OH is 2. The lowest BCUT2D eigenvalue weighted by Crippen LogP contribution is -2.61. The summed E-state index contributed by atoms with van der Waals surface area (Å²) in [5.74, 6) is -13.5. The SMILES string of the molecule is CCCCC(NC(=O)C(CO)NC(=O)C(Cc1ccc(O)cc1)NC(=O)C(CO)NC)C(=O)NC(CCC(=O)O)C(=O)NC(Cc1cnc[nH]1)C(=O)NC(Cc1ccccc1)C(=O)NC(CCCNC(N)=[NH2+])C(=O)NC(Cc1c[nH]c2ccccc12)C(=O)NCC(=O)NC(CCCC[NH3+])C(=O)N1CCCC1C(=O)NC(C(N)=O)C(C)C. The number of aromatic amines is 2. The minimum Gasteiger partial charge on any atom is -0.508 e. The summed E-state index contributed by atoms with van der Waals surface area (Å²) in [7, 11) is 1.40. The van der Waals surface area contributed by atoms with Crippen molar-refractivity contribution in [3.05, 3.63) is 120 Å². The van der Waals surface area contributed by atoms with E-state index in [0.29, 0.717) is 59.8 Å². The molecule has 12 unspecified atom stereocenters. The van der Waals surface area contributed by atoms with Gasteiger partial charge in [-0.2, -0.15) is 0 Å². The number of aliphatic hydroxyl groups is 2. The number of hydrogen-bond donors (Lipinski definition) is 23. The van der Waals surface area contributed by atoms with Crippen molar-refractivity contribution in [1.29, 1.82) is 0 Å². The number of aromatic nitrogens is 3. The van der Waals surface area contributed by atoms with Gasteiger partial charge in [-0.05, 0) is 106 Å². The predicted octanol–water partition coefficient (Wildman–Crippen LogP) is -6.55. The van der Waals surface area contributed by atoms with Crippen LogP contribution in [0.15, 0.2) is 97.6 Å². The van der Waals surface area contributed by atoms with Gasteiger partial charge in [-0.25, -0.2) is 4.98 Å². The maximum atomic E-state index is 15.2.